The quantitative estimate of drug-likeness (QED) is 0.835. The maximum Gasteiger partial charge on any atom is 0.274 e. The number of nitrogen functional groups attached to an aromatic ring is 1. The van der Waals surface area contributed by atoms with Gasteiger partial charge in [-0.1, -0.05) is 26.7 Å². The van der Waals surface area contributed by atoms with E-state index in [0.717, 1.165) is 25.1 Å². The van der Waals surface area contributed by atoms with Gasteiger partial charge in [0.05, 0.1) is 11.4 Å². The third-order valence-corrected chi connectivity index (χ3v) is 3.98. The largest absolute Gasteiger partial charge is 0.395 e. The van der Waals surface area contributed by atoms with Crippen LogP contribution in [0.2, 0.25) is 0 Å². The molecule has 0 spiro atoms. The average Bonchev–Trinajstić information content (AvgIpc) is 2.75. The molecule has 1 heterocycles. The van der Waals surface area contributed by atoms with Gasteiger partial charge < -0.3 is 10.6 Å². The zero-order valence-corrected chi connectivity index (χ0v) is 13.4. The standard InChI is InChI=1S/C15H28N4O/c1-6-12(7-2)10-18(8-3)15(20)14-13(16)11(5)17-19(14)9-4/h12H,6-10,16H2,1-5H3. The van der Waals surface area contributed by atoms with Gasteiger partial charge in [-0.3, -0.25) is 9.48 Å². The van der Waals surface area contributed by atoms with Crippen LogP contribution in [0.5, 0.6) is 0 Å². The molecule has 2 N–H and O–H groups in total. The van der Waals surface area contributed by atoms with E-state index in [-0.39, 0.29) is 5.91 Å². The first-order chi connectivity index (χ1) is 9.49. The summed E-state index contributed by atoms with van der Waals surface area (Å²) in [6.45, 7) is 12.3. The number of nitrogens with two attached hydrogens (primary N) is 1. The summed E-state index contributed by atoms with van der Waals surface area (Å²) in [6, 6.07) is 0. The zero-order valence-electron chi connectivity index (χ0n) is 13.4. The van der Waals surface area contributed by atoms with Gasteiger partial charge >= 0.3 is 0 Å². The first-order valence-electron chi connectivity index (χ1n) is 7.62. The zero-order chi connectivity index (χ0) is 15.3. The predicted molar refractivity (Wildman–Crippen MR) is 82.7 cm³/mol. The van der Waals surface area contributed by atoms with E-state index in [2.05, 4.69) is 18.9 Å². The van der Waals surface area contributed by atoms with E-state index in [1.165, 1.54) is 0 Å². The highest BCUT2D eigenvalue weighted by Crippen LogP contribution is 2.20. The molecule has 0 aliphatic heterocycles. The number of aromatic nitrogens is 2. The van der Waals surface area contributed by atoms with Gasteiger partial charge in [0.15, 0.2) is 0 Å². The molecule has 5 nitrogen and oxygen atoms in total. The highest BCUT2D eigenvalue weighted by molar-refractivity contribution is 5.98. The van der Waals surface area contributed by atoms with Crippen molar-refractivity contribution >= 4 is 11.6 Å². The first-order valence-corrected chi connectivity index (χ1v) is 7.62. The Labute approximate surface area is 122 Å². The van der Waals surface area contributed by atoms with Gasteiger partial charge in [-0.05, 0) is 26.7 Å². The molecule has 0 fully saturated rings. The minimum absolute atomic E-state index is 0.000602. The van der Waals surface area contributed by atoms with Crippen molar-refractivity contribution in [3.05, 3.63) is 11.4 Å². The lowest BCUT2D eigenvalue weighted by Gasteiger charge is -2.25. The van der Waals surface area contributed by atoms with Crippen molar-refractivity contribution in [3.63, 3.8) is 0 Å². The van der Waals surface area contributed by atoms with Gasteiger partial charge in [0, 0.05) is 19.6 Å². The van der Waals surface area contributed by atoms with E-state index in [9.17, 15) is 4.79 Å². The molecule has 1 aromatic heterocycles. The summed E-state index contributed by atoms with van der Waals surface area (Å²) >= 11 is 0. The van der Waals surface area contributed by atoms with Crippen LogP contribution in [0.25, 0.3) is 0 Å². The minimum atomic E-state index is -0.000602. The van der Waals surface area contributed by atoms with E-state index in [4.69, 9.17) is 5.73 Å². The Morgan fingerprint density at radius 1 is 1.30 bits per heavy atom. The molecule has 0 aromatic carbocycles. The monoisotopic (exact) mass is 280 g/mol. The number of hydrogen-bond donors (Lipinski definition) is 1. The number of nitrogens with zero attached hydrogens (tertiary/aromatic N) is 3. The van der Waals surface area contributed by atoms with Crippen LogP contribution in [0.1, 0.15) is 56.7 Å². The molecule has 0 aliphatic carbocycles. The maximum absolute atomic E-state index is 12.7. The van der Waals surface area contributed by atoms with Crippen LogP contribution >= 0.6 is 0 Å². The molecular formula is C15H28N4O. The Morgan fingerprint density at radius 2 is 1.90 bits per heavy atom. The second kappa shape index (κ2) is 7.31. The van der Waals surface area contributed by atoms with Crippen LogP contribution in [-0.4, -0.2) is 33.7 Å². The lowest BCUT2D eigenvalue weighted by atomic mass is 10.0. The normalized spacial score (nSPS) is 11.1. The van der Waals surface area contributed by atoms with Crippen LogP contribution in [-0.2, 0) is 6.54 Å². The van der Waals surface area contributed by atoms with E-state index in [1.54, 1.807) is 4.68 Å². The van der Waals surface area contributed by atoms with Crippen molar-refractivity contribution in [3.8, 4) is 0 Å². The van der Waals surface area contributed by atoms with Gasteiger partial charge in [-0.2, -0.15) is 5.10 Å². The van der Waals surface area contributed by atoms with Crippen LogP contribution in [0, 0.1) is 12.8 Å². The van der Waals surface area contributed by atoms with Crippen LogP contribution in [0.4, 0.5) is 5.69 Å². The molecule has 1 amide bonds. The third-order valence-electron chi connectivity index (χ3n) is 3.98. The van der Waals surface area contributed by atoms with Gasteiger partial charge in [0.2, 0.25) is 0 Å². The summed E-state index contributed by atoms with van der Waals surface area (Å²) in [5.41, 5.74) is 7.82. The molecule has 114 valence electrons. The molecule has 5 heteroatoms. The summed E-state index contributed by atoms with van der Waals surface area (Å²) in [4.78, 5) is 14.6. The minimum Gasteiger partial charge on any atom is -0.395 e. The highest BCUT2D eigenvalue weighted by Gasteiger charge is 2.24. The van der Waals surface area contributed by atoms with Gasteiger partial charge in [-0.25, -0.2) is 0 Å². The summed E-state index contributed by atoms with van der Waals surface area (Å²) in [5.74, 6) is 0.540. The molecule has 0 saturated carbocycles. The van der Waals surface area contributed by atoms with Crippen LogP contribution in [0.15, 0.2) is 0 Å². The number of hydrogen-bond acceptors (Lipinski definition) is 3. The Kier molecular flexibility index (Phi) is 6.05. The average molecular weight is 280 g/mol. The maximum atomic E-state index is 12.7. The second-order valence-corrected chi connectivity index (χ2v) is 5.19. The van der Waals surface area contributed by atoms with Crippen molar-refractivity contribution in [2.45, 2.75) is 54.0 Å². The summed E-state index contributed by atoms with van der Waals surface area (Å²) in [7, 11) is 0. The molecule has 1 rings (SSSR count). The van der Waals surface area contributed by atoms with Gasteiger partial charge in [-0.15, -0.1) is 0 Å². The van der Waals surface area contributed by atoms with Crippen molar-refractivity contribution < 1.29 is 4.79 Å². The fourth-order valence-electron chi connectivity index (χ4n) is 2.41. The molecular weight excluding hydrogens is 252 g/mol. The van der Waals surface area contributed by atoms with Gasteiger partial charge in [0.25, 0.3) is 5.91 Å². The number of rotatable bonds is 7. The summed E-state index contributed by atoms with van der Waals surface area (Å²) in [6.07, 6.45) is 2.17. The number of carbonyl (C=O) groups is 1. The molecule has 0 saturated heterocycles. The highest BCUT2D eigenvalue weighted by atomic mass is 16.2. The first kappa shape index (κ1) is 16.5. The molecule has 0 unspecified atom stereocenters. The van der Waals surface area contributed by atoms with Crippen molar-refractivity contribution in [1.29, 1.82) is 0 Å². The van der Waals surface area contributed by atoms with Crippen molar-refractivity contribution in [2.24, 2.45) is 5.92 Å². The molecule has 0 bridgehead atoms. The lowest BCUT2D eigenvalue weighted by molar-refractivity contribution is 0.0723. The topological polar surface area (TPSA) is 64.2 Å². The van der Waals surface area contributed by atoms with Gasteiger partial charge in [0.1, 0.15) is 5.69 Å². The smallest absolute Gasteiger partial charge is 0.274 e. The number of carbonyl (C=O) groups excluding carboxylic acids is 1. The Morgan fingerprint density at radius 3 is 2.35 bits per heavy atom. The molecule has 20 heavy (non-hydrogen) atoms. The van der Waals surface area contributed by atoms with E-state index < -0.39 is 0 Å². The Balaban J connectivity index is 3.02. The molecule has 0 aliphatic rings. The molecule has 1 aromatic rings. The second-order valence-electron chi connectivity index (χ2n) is 5.19. The SMILES string of the molecule is CCC(CC)CN(CC)C(=O)c1c(N)c(C)nn1CC. The predicted octanol–water partition coefficient (Wildman–Crippen LogP) is 2.69. The Bertz CT molecular complexity index is 449. The number of aryl methyl sites for hydroxylation is 2. The van der Waals surface area contributed by atoms with Crippen molar-refractivity contribution in [1.82, 2.24) is 14.7 Å². The fourth-order valence-corrected chi connectivity index (χ4v) is 2.41. The number of anilines is 1. The van der Waals surface area contributed by atoms with Crippen LogP contribution < -0.4 is 5.73 Å². The fraction of sp³-hybridized carbons (Fsp3) is 0.733. The van der Waals surface area contributed by atoms with E-state index >= 15 is 0 Å². The Hall–Kier alpha value is -1.52. The molecule has 0 radical (unpaired) electrons. The number of amides is 1. The summed E-state index contributed by atoms with van der Waals surface area (Å²) < 4.78 is 1.71. The summed E-state index contributed by atoms with van der Waals surface area (Å²) in [5, 5.41) is 4.33. The molecule has 0 atom stereocenters. The van der Waals surface area contributed by atoms with Crippen LogP contribution in [0.3, 0.4) is 0 Å². The van der Waals surface area contributed by atoms with E-state index in [0.29, 0.717) is 30.4 Å². The third kappa shape index (κ3) is 3.32. The van der Waals surface area contributed by atoms with Crippen molar-refractivity contribution in [2.75, 3.05) is 18.8 Å². The lowest BCUT2D eigenvalue weighted by Crippen LogP contribution is -2.36. The van der Waals surface area contributed by atoms with E-state index in [1.807, 2.05) is 25.7 Å².